The molecule has 0 unspecified atom stereocenters. The van der Waals surface area contributed by atoms with Crippen molar-refractivity contribution in [3.05, 3.63) is 40.4 Å². The number of rotatable bonds is 4. The van der Waals surface area contributed by atoms with Gasteiger partial charge in [0.05, 0.1) is 0 Å². The predicted molar refractivity (Wildman–Crippen MR) is 76.3 cm³/mol. The Labute approximate surface area is 118 Å². The number of nitrogens with zero attached hydrogens (tertiary/aromatic N) is 2. The van der Waals surface area contributed by atoms with E-state index in [4.69, 9.17) is 0 Å². The summed E-state index contributed by atoms with van der Waals surface area (Å²) in [4.78, 5) is 11.9. The molecule has 1 N–H and O–H groups in total. The molecule has 1 aromatic heterocycles. The van der Waals surface area contributed by atoms with Gasteiger partial charge in [0.15, 0.2) is 0 Å². The van der Waals surface area contributed by atoms with Crippen LogP contribution < -0.4 is 5.32 Å². The molecular weight excluding hydrogens is 314 g/mol. The second-order valence-electron chi connectivity index (χ2n) is 3.64. The van der Waals surface area contributed by atoms with E-state index in [-0.39, 0.29) is 5.91 Å². The van der Waals surface area contributed by atoms with Gasteiger partial charge >= 0.3 is 0 Å². The normalized spacial score (nSPS) is 10.3. The third-order valence-electron chi connectivity index (χ3n) is 2.36. The fourth-order valence-electron chi connectivity index (χ4n) is 1.36. The molecule has 0 radical (unpaired) electrons. The molecule has 6 heteroatoms. The van der Waals surface area contributed by atoms with E-state index in [1.54, 1.807) is 12.1 Å². The number of carbonyl (C=O) groups is 1. The molecule has 1 amide bonds. The Kier molecular flexibility index (Phi) is 4.43. The minimum atomic E-state index is -0.157. The first kappa shape index (κ1) is 13.2. The van der Waals surface area contributed by atoms with Crippen molar-refractivity contribution in [2.24, 2.45) is 0 Å². The molecule has 4 nitrogen and oxygen atoms in total. The van der Waals surface area contributed by atoms with Crippen LogP contribution in [0, 0.1) is 0 Å². The molecule has 0 saturated carbocycles. The lowest BCUT2D eigenvalue weighted by molar-refractivity contribution is 0.102. The largest absolute Gasteiger partial charge is 0.296 e. The second-order valence-corrected chi connectivity index (χ2v) is 5.26. The standard InChI is InChI=1S/C12H12BrN3OS/c1-2-10-15-16-12(18-10)14-11(17)9-5-3-8(7-13)4-6-9/h3-6H,2,7H2,1H3,(H,14,16,17). The maximum atomic E-state index is 11.9. The van der Waals surface area contributed by atoms with Crippen LogP contribution in [0.15, 0.2) is 24.3 Å². The molecule has 1 heterocycles. The summed E-state index contributed by atoms with van der Waals surface area (Å²) in [5.41, 5.74) is 1.75. The molecule has 0 saturated heterocycles. The summed E-state index contributed by atoms with van der Waals surface area (Å²) < 4.78 is 0. The highest BCUT2D eigenvalue weighted by Crippen LogP contribution is 2.16. The summed E-state index contributed by atoms with van der Waals surface area (Å²) in [6, 6.07) is 7.43. The number of nitrogens with one attached hydrogen (secondary N) is 1. The number of aromatic nitrogens is 2. The van der Waals surface area contributed by atoms with E-state index >= 15 is 0 Å². The quantitative estimate of drug-likeness (QED) is 0.878. The number of carbonyl (C=O) groups excluding carboxylic acids is 1. The Bertz CT molecular complexity index is 539. The molecule has 0 spiro atoms. The van der Waals surface area contributed by atoms with Gasteiger partial charge in [0.2, 0.25) is 5.13 Å². The van der Waals surface area contributed by atoms with Gasteiger partial charge in [0.25, 0.3) is 5.91 Å². The van der Waals surface area contributed by atoms with Crippen LogP contribution in [0.4, 0.5) is 5.13 Å². The molecule has 2 rings (SSSR count). The summed E-state index contributed by atoms with van der Waals surface area (Å²) in [5, 5.41) is 12.9. The van der Waals surface area contributed by atoms with Crippen LogP contribution >= 0.6 is 27.3 Å². The van der Waals surface area contributed by atoms with Gasteiger partial charge in [0, 0.05) is 10.9 Å². The van der Waals surface area contributed by atoms with Gasteiger partial charge in [-0.15, -0.1) is 10.2 Å². The number of hydrogen-bond donors (Lipinski definition) is 1. The Morgan fingerprint density at radius 1 is 1.33 bits per heavy atom. The van der Waals surface area contributed by atoms with Crippen molar-refractivity contribution in [3.63, 3.8) is 0 Å². The smallest absolute Gasteiger partial charge is 0.257 e. The Hall–Kier alpha value is -1.27. The van der Waals surface area contributed by atoms with Gasteiger partial charge in [-0.2, -0.15) is 0 Å². The van der Waals surface area contributed by atoms with Crippen LogP contribution in [0.25, 0.3) is 0 Å². The molecule has 94 valence electrons. The SMILES string of the molecule is CCc1nnc(NC(=O)c2ccc(CBr)cc2)s1. The molecule has 1 aromatic carbocycles. The van der Waals surface area contributed by atoms with Crippen LogP contribution in [0.2, 0.25) is 0 Å². The van der Waals surface area contributed by atoms with Gasteiger partial charge in [-0.05, 0) is 24.1 Å². The van der Waals surface area contributed by atoms with Crippen LogP contribution in [0.5, 0.6) is 0 Å². The van der Waals surface area contributed by atoms with Crippen LogP contribution in [-0.4, -0.2) is 16.1 Å². The molecule has 0 atom stereocenters. The van der Waals surface area contributed by atoms with Crippen molar-refractivity contribution in [3.8, 4) is 0 Å². The monoisotopic (exact) mass is 325 g/mol. The van der Waals surface area contributed by atoms with Crippen molar-refractivity contribution < 1.29 is 4.79 Å². The zero-order chi connectivity index (χ0) is 13.0. The highest BCUT2D eigenvalue weighted by atomic mass is 79.9. The average Bonchev–Trinajstić information content (AvgIpc) is 2.86. The first-order valence-electron chi connectivity index (χ1n) is 5.51. The van der Waals surface area contributed by atoms with Crippen molar-refractivity contribution in [2.75, 3.05) is 5.32 Å². The number of halogens is 1. The highest BCUT2D eigenvalue weighted by molar-refractivity contribution is 9.08. The minimum Gasteiger partial charge on any atom is -0.296 e. The van der Waals surface area contributed by atoms with Crippen molar-refractivity contribution in [1.82, 2.24) is 10.2 Å². The topological polar surface area (TPSA) is 54.9 Å². The molecule has 0 aliphatic carbocycles. The van der Waals surface area contributed by atoms with Crippen molar-refractivity contribution >= 4 is 38.3 Å². The number of benzene rings is 1. The summed E-state index contributed by atoms with van der Waals surface area (Å²) in [6.45, 7) is 2.01. The number of hydrogen-bond acceptors (Lipinski definition) is 4. The average molecular weight is 326 g/mol. The maximum absolute atomic E-state index is 11.9. The zero-order valence-electron chi connectivity index (χ0n) is 9.81. The first-order chi connectivity index (χ1) is 8.72. The molecule has 18 heavy (non-hydrogen) atoms. The lowest BCUT2D eigenvalue weighted by Crippen LogP contribution is -2.11. The van der Waals surface area contributed by atoms with Gasteiger partial charge in [-0.25, -0.2) is 0 Å². The van der Waals surface area contributed by atoms with E-state index in [0.29, 0.717) is 10.7 Å². The van der Waals surface area contributed by atoms with E-state index in [0.717, 1.165) is 22.3 Å². The number of aryl methyl sites for hydroxylation is 1. The Morgan fingerprint density at radius 2 is 2.06 bits per heavy atom. The lowest BCUT2D eigenvalue weighted by atomic mass is 10.1. The molecule has 0 aliphatic rings. The van der Waals surface area contributed by atoms with Crippen LogP contribution in [-0.2, 0) is 11.8 Å². The van der Waals surface area contributed by atoms with Crippen LogP contribution in [0.1, 0.15) is 27.9 Å². The number of alkyl halides is 1. The van der Waals surface area contributed by atoms with Crippen molar-refractivity contribution in [1.29, 1.82) is 0 Å². The first-order valence-corrected chi connectivity index (χ1v) is 7.45. The molecular formula is C12H12BrN3OS. The Balaban J connectivity index is 2.06. The molecule has 0 fully saturated rings. The molecule has 2 aromatic rings. The third-order valence-corrected chi connectivity index (χ3v) is 3.99. The summed E-state index contributed by atoms with van der Waals surface area (Å²) in [7, 11) is 0. The van der Waals surface area contributed by atoms with E-state index in [2.05, 4.69) is 31.4 Å². The molecule has 0 aliphatic heterocycles. The van der Waals surface area contributed by atoms with E-state index in [9.17, 15) is 4.79 Å². The third kappa shape index (κ3) is 3.14. The number of anilines is 1. The Morgan fingerprint density at radius 3 is 2.61 bits per heavy atom. The van der Waals surface area contributed by atoms with Gasteiger partial charge in [-0.1, -0.05) is 46.3 Å². The van der Waals surface area contributed by atoms with E-state index < -0.39 is 0 Å². The fourth-order valence-corrected chi connectivity index (χ4v) is 2.41. The summed E-state index contributed by atoms with van der Waals surface area (Å²) in [5.74, 6) is -0.157. The summed E-state index contributed by atoms with van der Waals surface area (Å²) >= 11 is 4.77. The minimum absolute atomic E-state index is 0.157. The van der Waals surface area contributed by atoms with Gasteiger partial charge in [0.1, 0.15) is 5.01 Å². The maximum Gasteiger partial charge on any atom is 0.257 e. The van der Waals surface area contributed by atoms with E-state index in [1.165, 1.54) is 11.3 Å². The highest BCUT2D eigenvalue weighted by Gasteiger charge is 2.09. The van der Waals surface area contributed by atoms with Crippen molar-refractivity contribution in [2.45, 2.75) is 18.7 Å². The number of amides is 1. The molecule has 0 bridgehead atoms. The zero-order valence-corrected chi connectivity index (χ0v) is 12.2. The second kappa shape index (κ2) is 6.06. The predicted octanol–water partition coefficient (Wildman–Crippen LogP) is 3.25. The summed E-state index contributed by atoms with van der Waals surface area (Å²) in [6.07, 6.45) is 0.827. The van der Waals surface area contributed by atoms with Crippen LogP contribution in [0.3, 0.4) is 0 Å². The van der Waals surface area contributed by atoms with E-state index in [1.807, 2.05) is 19.1 Å². The fraction of sp³-hybridized carbons (Fsp3) is 0.250. The van der Waals surface area contributed by atoms with Gasteiger partial charge < -0.3 is 0 Å². The lowest BCUT2D eigenvalue weighted by Gasteiger charge is -2.01. The van der Waals surface area contributed by atoms with Gasteiger partial charge in [-0.3, -0.25) is 10.1 Å².